The van der Waals surface area contributed by atoms with Crippen LogP contribution >= 0.6 is 23.2 Å². The molecule has 2 N–H and O–H groups in total. The molecule has 108 valence electrons. The minimum absolute atomic E-state index is 0.240. The molecule has 0 aliphatic rings. The lowest BCUT2D eigenvalue weighted by Crippen LogP contribution is -2.03. The van der Waals surface area contributed by atoms with E-state index in [-0.39, 0.29) is 6.04 Å². The van der Waals surface area contributed by atoms with Crippen molar-refractivity contribution in [1.82, 2.24) is 9.55 Å². The number of anilines is 1. The zero-order chi connectivity index (χ0) is 15.1. The third-order valence-corrected chi connectivity index (χ3v) is 3.80. The number of rotatable bonds is 2. The molecule has 0 atom stereocenters. The summed E-state index contributed by atoms with van der Waals surface area (Å²) in [5.41, 5.74) is 9.34. The SMILES string of the molecule is CC(C)n1c(-c2cc(N)cc(Cl)c2)nc2ccc(Cl)cc21. The van der Waals surface area contributed by atoms with Gasteiger partial charge in [0.25, 0.3) is 0 Å². The molecule has 21 heavy (non-hydrogen) atoms. The Morgan fingerprint density at radius 2 is 1.81 bits per heavy atom. The summed E-state index contributed by atoms with van der Waals surface area (Å²) < 4.78 is 2.15. The predicted molar refractivity (Wildman–Crippen MR) is 90.0 cm³/mol. The number of fused-ring (bicyclic) bond motifs is 1. The van der Waals surface area contributed by atoms with Gasteiger partial charge in [0.05, 0.1) is 11.0 Å². The maximum atomic E-state index is 6.12. The number of imidazole rings is 1. The average molecular weight is 320 g/mol. The molecule has 0 radical (unpaired) electrons. The maximum Gasteiger partial charge on any atom is 0.141 e. The van der Waals surface area contributed by atoms with Gasteiger partial charge in [0.2, 0.25) is 0 Å². The van der Waals surface area contributed by atoms with Crippen molar-refractivity contribution in [2.75, 3.05) is 5.73 Å². The van der Waals surface area contributed by atoms with Gasteiger partial charge >= 0.3 is 0 Å². The second kappa shape index (κ2) is 5.24. The Morgan fingerprint density at radius 3 is 2.48 bits per heavy atom. The second-order valence-corrected chi connectivity index (χ2v) is 6.18. The number of nitrogens with zero attached hydrogens (tertiary/aromatic N) is 2. The van der Waals surface area contributed by atoms with Crippen LogP contribution in [0.4, 0.5) is 5.69 Å². The summed E-state index contributed by atoms with van der Waals surface area (Å²) >= 11 is 12.2. The molecule has 2 aromatic carbocycles. The zero-order valence-corrected chi connectivity index (χ0v) is 13.3. The van der Waals surface area contributed by atoms with E-state index in [4.69, 9.17) is 33.9 Å². The van der Waals surface area contributed by atoms with E-state index in [0.29, 0.717) is 15.7 Å². The molecule has 0 bridgehead atoms. The lowest BCUT2D eigenvalue weighted by molar-refractivity contribution is 0.624. The number of nitrogens with two attached hydrogens (primary N) is 1. The molecule has 0 saturated carbocycles. The van der Waals surface area contributed by atoms with Crippen molar-refractivity contribution in [2.24, 2.45) is 0 Å². The molecule has 0 fully saturated rings. The van der Waals surface area contributed by atoms with E-state index in [0.717, 1.165) is 22.4 Å². The Bertz CT molecular complexity index is 801. The van der Waals surface area contributed by atoms with Crippen LogP contribution in [-0.2, 0) is 0 Å². The largest absolute Gasteiger partial charge is 0.399 e. The fourth-order valence-corrected chi connectivity index (χ4v) is 2.94. The third kappa shape index (κ3) is 2.59. The molecule has 3 aromatic rings. The van der Waals surface area contributed by atoms with Crippen LogP contribution in [0.25, 0.3) is 22.4 Å². The smallest absolute Gasteiger partial charge is 0.141 e. The van der Waals surface area contributed by atoms with Gasteiger partial charge in [0.15, 0.2) is 0 Å². The minimum atomic E-state index is 0.240. The summed E-state index contributed by atoms with van der Waals surface area (Å²) in [6.07, 6.45) is 0. The van der Waals surface area contributed by atoms with Crippen molar-refractivity contribution < 1.29 is 0 Å². The van der Waals surface area contributed by atoms with Gasteiger partial charge < -0.3 is 10.3 Å². The van der Waals surface area contributed by atoms with E-state index in [1.807, 2.05) is 30.3 Å². The molecular formula is C16H15Cl2N3. The van der Waals surface area contributed by atoms with Crippen LogP contribution < -0.4 is 5.73 Å². The highest BCUT2D eigenvalue weighted by Crippen LogP contribution is 2.32. The number of halogens is 2. The quantitative estimate of drug-likeness (QED) is 0.662. The molecule has 0 aliphatic carbocycles. The predicted octanol–water partition coefficient (Wildman–Crippen LogP) is 5.17. The molecule has 3 rings (SSSR count). The van der Waals surface area contributed by atoms with Crippen molar-refractivity contribution >= 4 is 39.9 Å². The topological polar surface area (TPSA) is 43.8 Å². The first-order valence-corrected chi connectivity index (χ1v) is 7.45. The third-order valence-electron chi connectivity index (χ3n) is 3.35. The van der Waals surface area contributed by atoms with Crippen LogP contribution in [0.15, 0.2) is 36.4 Å². The number of hydrogen-bond acceptors (Lipinski definition) is 2. The number of nitrogen functional groups attached to an aromatic ring is 1. The lowest BCUT2D eigenvalue weighted by Gasteiger charge is -2.13. The highest BCUT2D eigenvalue weighted by molar-refractivity contribution is 6.31. The van der Waals surface area contributed by atoms with Crippen LogP contribution in [0.2, 0.25) is 10.0 Å². The summed E-state index contributed by atoms with van der Waals surface area (Å²) in [7, 11) is 0. The van der Waals surface area contributed by atoms with Crippen molar-refractivity contribution in [2.45, 2.75) is 19.9 Å². The molecule has 1 heterocycles. The van der Waals surface area contributed by atoms with Crippen molar-refractivity contribution in [3.05, 3.63) is 46.4 Å². The van der Waals surface area contributed by atoms with Crippen LogP contribution in [-0.4, -0.2) is 9.55 Å². The first kappa shape index (κ1) is 14.2. The van der Waals surface area contributed by atoms with E-state index in [1.165, 1.54) is 0 Å². The van der Waals surface area contributed by atoms with Gasteiger partial charge in [0.1, 0.15) is 5.82 Å². The summed E-state index contributed by atoms with van der Waals surface area (Å²) in [4.78, 5) is 4.72. The van der Waals surface area contributed by atoms with Crippen LogP contribution in [0.5, 0.6) is 0 Å². The Kier molecular flexibility index (Phi) is 3.56. The highest BCUT2D eigenvalue weighted by atomic mass is 35.5. The average Bonchev–Trinajstić information content (AvgIpc) is 2.76. The fraction of sp³-hybridized carbons (Fsp3) is 0.188. The van der Waals surface area contributed by atoms with Gasteiger partial charge in [0, 0.05) is 27.3 Å². The Balaban J connectivity index is 2.33. The molecule has 0 unspecified atom stereocenters. The van der Waals surface area contributed by atoms with E-state index >= 15 is 0 Å². The minimum Gasteiger partial charge on any atom is -0.399 e. The second-order valence-electron chi connectivity index (χ2n) is 5.31. The number of benzene rings is 2. The molecule has 5 heteroatoms. The highest BCUT2D eigenvalue weighted by Gasteiger charge is 2.16. The van der Waals surface area contributed by atoms with Crippen LogP contribution in [0.3, 0.4) is 0 Å². The molecule has 0 amide bonds. The Morgan fingerprint density at radius 1 is 1.05 bits per heavy atom. The van der Waals surface area contributed by atoms with Crippen LogP contribution in [0, 0.1) is 0 Å². The summed E-state index contributed by atoms with van der Waals surface area (Å²) in [5.74, 6) is 0.844. The van der Waals surface area contributed by atoms with Crippen molar-refractivity contribution in [1.29, 1.82) is 0 Å². The van der Waals surface area contributed by atoms with E-state index in [2.05, 4.69) is 18.4 Å². The van der Waals surface area contributed by atoms with Gasteiger partial charge in [-0.3, -0.25) is 0 Å². The monoisotopic (exact) mass is 319 g/mol. The van der Waals surface area contributed by atoms with Crippen molar-refractivity contribution in [3.8, 4) is 11.4 Å². The first-order valence-electron chi connectivity index (χ1n) is 6.69. The molecule has 1 aromatic heterocycles. The molecule has 0 saturated heterocycles. The summed E-state index contributed by atoms with van der Waals surface area (Å²) in [5, 5.41) is 1.30. The van der Waals surface area contributed by atoms with Gasteiger partial charge in [-0.2, -0.15) is 0 Å². The fourth-order valence-electron chi connectivity index (χ4n) is 2.53. The van der Waals surface area contributed by atoms with E-state index in [1.54, 1.807) is 6.07 Å². The normalized spacial score (nSPS) is 11.5. The van der Waals surface area contributed by atoms with Gasteiger partial charge in [-0.1, -0.05) is 23.2 Å². The maximum absolute atomic E-state index is 6.12. The molecule has 3 nitrogen and oxygen atoms in total. The molecule has 0 spiro atoms. The zero-order valence-electron chi connectivity index (χ0n) is 11.8. The lowest BCUT2D eigenvalue weighted by atomic mass is 10.2. The Hall–Kier alpha value is -1.71. The first-order chi connectivity index (χ1) is 9.95. The van der Waals surface area contributed by atoms with Crippen LogP contribution in [0.1, 0.15) is 19.9 Å². The summed E-state index contributed by atoms with van der Waals surface area (Å²) in [6, 6.07) is 11.4. The van der Waals surface area contributed by atoms with Gasteiger partial charge in [-0.25, -0.2) is 4.98 Å². The van der Waals surface area contributed by atoms with E-state index < -0.39 is 0 Å². The number of aromatic nitrogens is 2. The van der Waals surface area contributed by atoms with Crippen molar-refractivity contribution in [3.63, 3.8) is 0 Å². The Labute approximate surface area is 133 Å². The van der Waals surface area contributed by atoms with Gasteiger partial charge in [-0.05, 0) is 50.2 Å². The summed E-state index contributed by atoms with van der Waals surface area (Å²) in [6.45, 7) is 4.22. The molecule has 0 aliphatic heterocycles. The van der Waals surface area contributed by atoms with E-state index in [9.17, 15) is 0 Å². The number of hydrogen-bond donors (Lipinski definition) is 1. The van der Waals surface area contributed by atoms with Gasteiger partial charge in [-0.15, -0.1) is 0 Å². The standard InChI is InChI=1S/C16H15Cl2N3/c1-9(2)21-15-8-11(17)3-4-14(15)20-16(21)10-5-12(18)7-13(19)6-10/h3-9H,19H2,1-2H3. The molecular weight excluding hydrogens is 305 g/mol.